The number of carbonyl (C=O) groups excluding carboxylic acids is 1. The van der Waals surface area contributed by atoms with Gasteiger partial charge in [0.1, 0.15) is 5.52 Å². The number of piperidine rings is 1. The standard InChI is InChI=1S/C24H23N3O4S2/c28-24(18-5-3-7-20(15-18)33(29,30)25-16-19-6-4-14-32-19)27-12-10-17(11-13-27)23-26-21-8-1-2-9-22(21)31-23/h1-9,14-15,17,25H,10-13,16H2. The monoisotopic (exact) mass is 481 g/mol. The van der Waals surface area contributed by atoms with Crippen LogP contribution in [0.25, 0.3) is 11.1 Å². The maximum atomic E-state index is 13.1. The summed E-state index contributed by atoms with van der Waals surface area (Å²) in [5, 5.41) is 1.90. The maximum Gasteiger partial charge on any atom is 0.253 e. The second kappa shape index (κ2) is 9.09. The second-order valence-electron chi connectivity index (χ2n) is 8.02. The number of fused-ring (bicyclic) bond motifs is 1. The highest BCUT2D eigenvalue weighted by Gasteiger charge is 2.28. The fraction of sp³-hybridized carbons (Fsp3) is 0.250. The topological polar surface area (TPSA) is 92.5 Å². The fourth-order valence-electron chi connectivity index (χ4n) is 4.04. The molecule has 1 N–H and O–H groups in total. The van der Waals surface area contributed by atoms with Crippen LogP contribution in [0.2, 0.25) is 0 Å². The van der Waals surface area contributed by atoms with Crippen molar-refractivity contribution in [3.63, 3.8) is 0 Å². The molecule has 0 spiro atoms. The Hall–Kier alpha value is -3.01. The van der Waals surface area contributed by atoms with Crippen LogP contribution in [0, 0.1) is 0 Å². The van der Waals surface area contributed by atoms with Crippen LogP contribution < -0.4 is 4.72 Å². The number of para-hydroxylation sites is 2. The van der Waals surface area contributed by atoms with Gasteiger partial charge in [-0.15, -0.1) is 11.3 Å². The molecule has 1 fully saturated rings. The Morgan fingerprint density at radius 1 is 1.09 bits per heavy atom. The van der Waals surface area contributed by atoms with Crippen molar-refractivity contribution in [3.8, 4) is 0 Å². The summed E-state index contributed by atoms with van der Waals surface area (Å²) in [5.41, 5.74) is 1.99. The van der Waals surface area contributed by atoms with Crippen molar-refractivity contribution >= 4 is 38.4 Å². The zero-order chi connectivity index (χ0) is 22.8. The lowest BCUT2D eigenvalue weighted by molar-refractivity contribution is 0.0706. The number of carbonyl (C=O) groups is 1. The normalized spacial score (nSPS) is 15.2. The van der Waals surface area contributed by atoms with E-state index in [-0.39, 0.29) is 23.3 Å². The summed E-state index contributed by atoms with van der Waals surface area (Å²) in [7, 11) is -3.72. The third-order valence-corrected chi connectivity index (χ3v) is 8.12. The summed E-state index contributed by atoms with van der Waals surface area (Å²) in [6.07, 6.45) is 1.50. The van der Waals surface area contributed by atoms with E-state index in [1.165, 1.54) is 23.5 Å². The minimum Gasteiger partial charge on any atom is -0.440 e. The quantitative estimate of drug-likeness (QED) is 0.441. The van der Waals surface area contributed by atoms with Crippen molar-refractivity contribution in [1.29, 1.82) is 0 Å². The molecule has 3 heterocycles. The van der Waals surface area contributed by atoms with Crippen molar-refractivity contribution in [2.45, 2.75) is 30.2 Å². The van der Waals surface area contributed by atoms with E-state index in [1.54, 1.807) is 17.0 Å². The Labute approximate surface area is 196 Å². The van der Waals surface area contributed by atoms with Crippen LogP contribution >= 0.6 is 11.3 Å². The van der Waals surface area contributed by atoms with E-state index < -0.39 is 10.0 Å². The van der Waals surface area contributed by atoms with Crippen molar-refractivity contribution in [1.82, 2.24) is 14.6 Å². The van der Waals surface area contributed by atoms with Gasteiger partial charge in [-0.05, 0) is 54.6 Å². The van der Waals surface area contributed by atoms with E-state index in [4.69, 9.17) is 4.42 Å². The van der Waals surface area contributed by atoms with Crippen LogP contribution in [0.3, 0.4) is 0 Å². The van der Waals surface area contributed by atoms with Gasteiger partial charge in [-0.1, -0.05) is 24.3 Å². The molecule has 0 bridgehead atoms. The number of hydrogen-bond acceptors (Lipinski definition) is 6. The molecule has 0 radical (unpaired) electrons. The lowest BCUT2D eigenvalue weighted by atomic mass is 9.96. The van der Waals surface area contributed by atoms with Gasteiger partial charge < -0.3 is 9.32 Å². The van der Waals surface area contributed by atoms with E-state index in [9.17, 15) is 13.2 Å². The molecule has 1 saturated heterocycles. The number of amides is 1. The summed E-state index contributed by atoms with van der Waals surface area (Å²) in [5.74, 6) is 0.712. The van der Waals surface area contributed by atoms with Gasteiger partial charge in [-0.2, -0.15) is 0 Å². The minimum absolute atomic E-state index is 0.0891. The summed E-state index contributed by atoms with van der Waals surface area (Å²) in [6.45, 7) is 1.35. The van der Waals surface area contributed by atoms with Gasteiger partial charge >= 0.3 is 0 Å². The SMILES string of the molecule is O=C(c1cccc(S(=O)(=O)NCc2cccs2)c1)N1CCC(c2nc3ccccc3o2)CC1. The Morgan fingerprint density at radius 3 is 2.67 bits per heavy atom. The van der Waals surface area contributed by atoms with Crippen molar-refractivity contribution < 1.29 is 17.6 Å². The van der Waals surface area contributed by atoms with Crippen LogP contribution in [0.1, 0.15) is 39.9 Å². The molecule has 9 heteroatoms. The Kier molecular flexibility index (Phi) is 6.01. The highest BCUT2D eigenvalue weighted by Crippen LogP contribution is 2.30. The van der Waals surface area contributed by atoms with Gasteiger partial charge in [-0.25, -0.2) is 18.1 Å². The van der Waals surface area contributed by atoms with E-state index >= 15 is 0 Å². The van der Waals surface area contributed by atoms with Crippen LogP contribution in [0.5, 0.6) is 0 Å². The Morgan fingerprint density at radius 2 is 1.91 bits per heavy atom. The molecule has 170 valence electrons. The zero-order valence-corrected chi connectivity index (χ0v) is 19.4. The molecular formula is C24H23N3O4S2. The van der Waals surface area contributed by atoms with Gasteiger partial charge in [0.25, 0.3) is 5.91 Å². The number of likely N-dealkylation sites (tertiary alicyclic amines) is 1. The van der Waals surface area contributed by atoms with Gasteiger partial charge in [0.2, 0.25) is 10.0 Å². The first kappa shape index (κ1) is 21.8. The maximum absolute atomic E-state index is 13.1. The molecule has 0 atom stereocenters. The summed E-state index contributed by atoms with van der Waals surface area (Å²) in [6, 6.07) is 17.7. The van der Waals surface area contributed by atoms with Crippen LogP contribution in [0.15, 0.2) is 75.4 Å². The average Bonchev–Trinajstić information content (AvgIpc) is 3.52. The number of aromatic nitrogens is 1. The van der Waals surface area contributed by atoms with E-state index in [1.807, 2.05) is 41.8 Å². The van der Waals surface area contributed by atoms with Gasteiger partial charge in [0.05, 0.1) is 4.90 Å². The Bertz CT molecular complexity index is 1340. The van der Waals surface area contributed by atoms with E-state index in [0.29, 0.717) is 24.5 Å². The zero-order valence-electron chi connectivity index (χ0n) is 17.8. The molecule has 33 heavy (non-hydrogen) atoms. The number of thiophene rings is 1. The molecule has 0 saturated carbocycles. The first-order chi connectivity index (χ1) is 16.0. The number of nitrogens with zero attached hydrogens (tertiary/aromatic N) is 2. The van der Waals surface area contributed by atoms with Crippen LogP contribution in [0.4, 0.5) is 0 Å². The lowest BCUT2D eigenvalue weighted by Gasteiger charge is -2.30. The van der Waals surface area contributed by atoms with Gasteiger partial charge in [-0.3, -0.25) is 4.79 Å². The highest BCUT2D eigenvalue weighted by atomic mass is 32.2. The van der Waals surface area contributed by atoms with Crippen molar-refractivity contribution in [2.75, 3.05) is 13.1 Å². The molecule has 4 aromatic rings. The summed E-state index contributed by atoms with van der Waals surface area (Å²) >= 11 is 1.49. The molecule has 7 nitrogen and oxygen atoms in total. The Balaban J connectivity index is 1.24. The fourth-order valence-corrected chi connectivity index (χ4v) is 5.82. The van der Waals surface area contributed by atoms with Gasteiger partial charge in [0, 0.05) is 36.0 Å². The summed E-state index contributed by atoms with van der Waals surface area (Å²) in [4.78, 5) is 20.5. The number of hydrogen-bond donors (Lipinski definition) is 1. The van der Waals surface area contributed by atoms with E-state index in [0.717, 1.165) is 28.8 Å². The third kappa shape index (κ3) is 4.71. The predicted molar refractivity (Wildman–Crippen MR) is 127 cm³/mol. The molecule has 1 aliphatic rings. The lowest BCUT2D eigenvalue weighted by Crippen LogP contribution is -2.38. The first-order valence-corrected chi connectivity index (χ1v) is 13.1. The summed E-state index contributed by atoms with van der Waals surface area (Å²) < 4.78 is 33.9. The smallest absolute Gasteiger partial charge is 0.253 e. The van der Waals surface area contributed by atoms with Crippen LogP contribution in [-0.2, 0) is 16.6 Å². The van der Waals surface area contributed by atoms with Gasteiger partial charge in [0.15, 0.2) is 11.5 Å². The molecule has 2 aromatic heterocycles. The molecule has 0 aliphatic carbocycles. The van der Waals surface area contributed by atoms with Crippen LogP contribution in [-0.4, -0.2) is 37.3 Å². The number of sulfonamides is 1. The molecular weight excluding hydrogens is 458 g/mol. The molecule has 1 amide bonds. The van der Waals surface area contributed by atoms with E-state index in [2.05, 4.69) is 9.71 Å². The third-order valence-electron chi connectivity index (χ3n) is 5.85. The van der Waals surface area contributed by atoms with Crippen molar-refractivity contribution in [3.05, 3.63) is 82.4 Å². The number of benzene rings is 2. The molecule has 1 aliphatic heterocycles. The predicted octanol–water partition coefficient (Wildman–Crippen LogP) is 4.39. The number of rotatable bonds is 6. The molecule has 0 unspecified atom stereocenters. The number of oxazole rings is 1. The first-order valence-electron chi connectivity index (χ1n) is 10.8. The molecule has 5 rings (SSSR count). The highest BCUT2D eigenvalue weighted by molar-refractivity contribution is 7.89. The number of nitrogens with one attached hydrogen (secondary N) is 1. The largest absolute Gasteiger partial charge is 0.440 e. The average molecular weight is 482 g/mol. The second-order valence-corrected chi connectivity index (χ2v) is 10.8. The van der Waals surface area contributed by atoms with Crippen molar-refractivity contribution in [2.24, 2.45) is 0 Å². The minimum atomic E-state index is -3.72. The molecule has 2 aromatic carbocycles.